The summed E-state index contributed by atoms with van der Waals surface area (Å²) in [5, 5.41) is 6.69. The number of nitrogens with one attached hydrogen (secondary N) is 1. The van der Waals surface area contributed by atoms with Gasteiger partial charge in [-0.15, -0.1) is 22.7 Å². The molecule has 16 heavy (non-hydrogen) atoms. The van der Waals surface area contributed by atoms with E-state index < -0.39 is 0 Å². The highest BCUT2D eigenvalue weighted by molar-refractivity contribution is 7.12. The molecule has 0 fully saturated rings. The first-order valence-electron chi connectivity index (χ1n) is 5.33. The van der Waals surface area contributed by atoms with Gasteiger partial charge in [-0.25, -0.2) is 4.98 Å². The molecular formula is C12H16N2S2. The van der Waals surface area contributed by atoms with E-state index in [9.17, 15) is 0 Å². The van der Waals surface area contributed by atoms with Crippen molar-refractivity contribution in [2.75, 3.05) is 0 Å². The van der Waals surface area contributed by atoms with Crippen LogP contribution in [0.4, 0.5) is 0 Å². The van der Waals surface area contributed by atoms with Gasteiger partial charge in [0.1, 0.15) is 5.01 Å². The molecule has 2 rings (SSSR count). The Bertz CT molecular complexity index is 452. The van der Waals surface area contributed by atoms with Gasteiger partial charge < -0.3 is 5.32 Å². The van der Waals surface area contributed by atoms with Crippen molar-refractivity contribution in [3.8, 4) is 0 Å². The van der Waals surface area contributed by atoms with Crippen molar-refractivity contribution in [3.05, 3.63) is 37.5 Å². The van der Waals surface area contributed by atoms with Gasteiger partial charge in [0.2, 0.25) is 0 Å². The third-order valence-electron chi connectivity index (χ3n) is 2.46. The molecule has 0 aliphatic carbocycles. The van der Waals surface area contributed by atoms with E-state index in [-0.39, 0.29) is 0 Å². The Morgan fingerprint density at radius 3 is 2.62 bits per heavy atom. The van der Waals surface area contributed by atoms with Crippen LogP contribution in [-0.4, -0.2) is 4.98 Å². The highest BCUT2D eigenvalue weighted by Gasteiger charge is 2.02. The van der Waals surface area contributed by atoms with Crippen LogP contribution in [0.15, 0.2) is 11.4 Å². The predicted octanol–water partition coefficient (Wildman–Crippen LogP) is 3.42. The predicted molar refractivity (Wildman–Crippen MR) is 71.2 cm³/mol. The molecule has 0 saturated carbocycles. The maximum atomic E-state index is 4.42. The Hall–Kier alpha value is -0.710. The number of aryl methyl sites for hydroxylation is 3. The molecule has 1 N–H and O–H groups in total. The zero-order chi connectivity index (χ0) is 11.5. The molecule has 0 spiro atoms. The highest BCUT2D eigenvalue weighted by atomic mass is 32.1. The minimum absolute atomic E-state index is 0.870. The normalized spacial score (nSPS) is 10.9. The fourth-order valence-corrected chi connectivity index (χ4v) is 3.28. The second-order valence-corrected chi connectivity index (χ2v) is 6.22. The molecule has 4 heteroatoms. The lowest BCUT2D eigenvalue weighted by Crippen LogP contribution is -2.11. The molecule has 86 valence electrons. The number of aromatic nitrogens is 1. The molecule has 0 saturated heterocycles. The van der Waals surface area contributed by atoms with Gasteiger partial charge in [-0.05, 0) is 32.4 Å². The number of rotatable bonds is 4. The third kappa shape index (κ3) is 2.90. The van der Waals surface area contributed by atoms with Crippen LogP contribution in [0.5, 0.6) is 0 Å². The lowest BCUT2D eigenvalue weighted by Gasteiger charge is -1.99. The van der Waals surface area contributed by atoms with E-state index in [2.05, 4.69) is 35.6 Å². The molecule has 0 unspecified atom stereocenters. The van der Waals surface area contributed by atoms with E-state index in [1.54, 1.807) is 11.3 Å². The van der Waals surface area contributed by atoms with Crippen LogP contribution in [0.2, 0.25) is 0 Å². The van der Waals surface area contributed by atoms with E-state index >= 15 is 0 Å². The summed E-state index contributed by atoms with van der Waals surface area (Å²) in [6.45, 7) is 8.19. The monoisotopic (exact) mass is 252 g/mol. The molecule has 0 aliphatic heterocycles. The number of thiophene rings is 1. The van der Waals surface area contributed by atoms with Crippen molar-refractivity contribution < 1.29 is 0 Å². The first-order chi connectivity index (χ1) is 7.65. The van der Waals surface area contributed by atoms with Crippen LogP contribution in [0.1, 0.15) is 26.0 Å². The van der Waals surface area contributed by atoms with Gasteiger partial charge in [-0.3, -0.25) is 0 Å². The summed E-state index contributed by atoms with van der Waals surface area (Å²) >= 11 is 3.60. The van der Waals surface area contributed by atoms with Gasteiger partial charge >= 0.3 is 0 Å². The summed E-state index contributed by atoms with van der Waals surface area (Å²) < 4.78 is 0. The van der Waals surface area contributed by atoms with Crippen molar-refractivity contribution in [2.24, 2.45) is 0 Å². The van der Waals surface area contributed by atoms with Gasteiger partial charge in [0.05, 0.1) is 0 Å². The smallest absolute Gasteiger partial charge is 0.107 e. The highest BCUT2D eigenvalue weighted by Crippen LogP contribution is 2.20. The summed E-state index contributed by atoms with van der Waals surface area (Å²) in [5.74, 6) is 0. The zero-order valence-electron chi connectivity index (χ0n) is 9.83. The Balaban J connectivity index is 1.84. The van der Waals surface area contributed by atoms with Crippen LogP contribution in [-0.2, 0) is 13.1 Å². The molecule has 2 aromatic heterocycles. The fourth-order valence-electron chi connectivity index (χ4n) is 1.51. The maximum absolute atomic E-state index is 4.42. The second-order valence-electron chi connectivity index (χ2n) is 3.94. The average Bonchev–Trinajstić information content (AvgIpc) is 2.75. The molecule has 0 aliphatic rings. The maximum Gasteiger partial charge on any atom is 0.107 e. The lowest BCUT2D eigenvalue weighted by atomic mass is 10.3. The fraction of sp³-hybridized carbons (Fsp3) is 0.417. The van der Waals surface area contributed by atoms with Crippen LogP contribution in [0.25, 0.3) is 0 Å². The van der Waals surface area contributed by atoms with Crippen LogP contribution in [0, 0.1) is 20.8 Å². The number of hydrogen-bond acceptors (Lipinski definition) is 4. The van der Waals surface area contributed by atoms with Crippen molar-refractivity contribution in [1.29, 1.82) is 0 Å². The van der Waals surface area contributed by atoms with Crippen LogP contribution >= 0.6 is 22.7 Å². The Morgan fingerprint density at radius 2 is 2.06 bits per heavy atom. The summed E-state index contributed by atoms with van der Waals surface area (Å²) in [5.41, 5.74) is 2.51. The Morgan fingerprint density at radius 1 is 1.25 bits per heavy atom. The lowest BCUT2D eigenvalue weighted by molar-refractivity contribution is 0.696. The average molecular weight is 252 g/mol. The van der Waals surface area contributed by atoms with Crippen molar-refractivity contribution >= 4 is 22.7 Å². The summed E-state index contributed by atoms with van der Waals surface area (Å²) in [7, 11) is 0. The Labute approximate surface area is 104 Å². The summed E-state index contributed by atoms with van der Waals surface area (Å²) in [4.78, 5) is 7.25. The van der Waals surface area contributed by atoms with Crippen molar-refractivity contribution in [3.63, 3.8) is 0 Å². The van der Waals surface area contributed by atoms with Gasteiger partial charge in [-0.2, -0.15) is 0 Å². The summed E-state index contributed by atoms with van der Waals surface area (Å²) in [6.07, 6.45) is 0. The van der Waals surface area contributed by atoms with Gasteiger partial charge in [0.15, 0.2) is 0 Å². The second kappa shape index (κ2) is 5.08. The van der Waals surface area contributed by atoms with E-state index in [4.69, 9.17) is 0 Å². The van der Waals surface area contributed by atoms with Crippen molar-refractivity contribution in [2.45, 2.75) is 33.9 Å². The minimum atomic E-state index is 0.870. The molecule has 0 aromatic carbocycles. The molecule has 0 radical (unpaired) electrons. The first-order valence-corrected chi connectivity index (χ1v) is 7.02. The number of nitrogens with zero attached hydrogens (tertiary/aromatic N) is 1. The van der Waals surface area contributed by atoms with E-state index in [0.717, 1.165) is 18.8 Å². The third-order valence-corrected chi connectivity index (χ3v) is 4.58. The molecule has 0 atom stereocenters. The summed E-state index contributed by atoms with van der Waals surface area (Å²) in [6, 6.07) is 2.26. The minimum Gasteiger partial charge on any atom is -0.306 e. The quantitative estimate of drug-likeness (QED) is 0.902. The van der Waals surface area contributed by atoms with E-state index in [1.165, 1.54) is 20.3 Å². The van der Waals surface area contributed by atoms with Crippen LogP contribution < -0.4 is 5.32 Å². The van der Waals surface area contributed by atoms with Gasteiger partial charge in [-0.1, -0.05) is 0 Å². The number of thiazole rings is 1. The zero-order valence-corrected chi connectivity index (χ0v) is 11.5. The molecule has 2 heterocycles. The van der Waals surface area contributed by atoms with E-state index in [0.29, 0.717) is 0 Å². The first kappa shape index (κ1) is 11.8. The largest absolute Gasteiger partial charge is 0.306 e. The standard InChI is InChI=1S/C12H16N2S2/c1-8-4-11(16-10(8)3)5-13-6-12-14-9(2)7-15-12/h4,7,13H,5-6H2,1-3H3. The molecule has 0 bridgehead atoms. The SMILES string of the molecule is Cc1csc(CNCc2cc(C)c(C)s2)n1. The molecule has 2 nitrogen and oxygen atoms in total. The van der Waals surface area contributed by atoms with Gasteiger partial charge in [0.25, 0.3) is 0 Å². The Kier molecular flexibility index (Phi) is 3.74. The molecule has 0 amide bonds. The van der Waals surface area contributed by atoms with Crippen LogP contribution in [0.3, 0.4) is 0 Å². The van der Waals surface area contributed by atoms with Gasteiger partial charge in [0, 0.05) is 33.9 Å². The molecular weight excluding hydrogens is 236 g/mol. The van der Waals surface area contributed by atoms with Crippen molar-refractivity contribution in [1.82, 2.24) is 10.3 Å². The number of hydrogen-bond donors (Lipinski definition) is 1. The topological polar surface area (TPSA) is 24.9 Å². The molecule has 2 aromatic rings. The van der Waals surface area contributed by atoms with E-state index in [1.807, 2.05) is 18.3 Å².